The van der Waals surface area contributed by atoms with Crippen LogP contribution < -0.4 is 20.1 Å². The van der Waals surface area contributed by atoms with Gasteiger partial charge in [0.25, 0.3) is 0 Å². The van der Waals surface area contributed by atoms with Crippen LogP contribution >= 0.6 is 0 Å². The monoisotopic (exact) mass is 368 g/mol. The van der Waals surface area contributed by atoms with E-state index >= 15 is 0 Å². The number of anilines is 2. The lowest BCUT2D eigenvalue weighted by atomic mass is 10.0. The first-order chi connectivity index (χ1) is 13.0. The van der Waals surface area contributed by atoms with Gasteiger partial charge in [-0.2, -0.15) is 0 Å². The van der Waals surface area contributed by atoms with E-state index in [-0.39, 0.29) is 11.8 Å². The molecule has 1 aliphatic rings. The highest BCUT2D eigenvalue weighted by Gasteiger charge is 2.56. The van der Waals surface area contributed by atoms with Crippen molar-refractivity contribution in [1.82, 2.24) is 0 Å². The molecular formula is C21H24N2O4. The molecule has 0 spiro atoms. The molecule has 2 aromatic carbocycles. The van der Waals surface area contributed by atoms with Crippen molar-refractivity contribution in [3.8, 4) is 11.5 Å². The number of amides is 2. The van der Waals surface area contributed by atoms with Crippen LogP contribution in [0.4, 0.5) is 11.4 Å². The predicted octanol–water partition coefficient (Wildman–Crippen LogP) is 3.62. The average Bonchev–Trinajstić information content (AvgIpc) is 3.51. The topological polar surface area (TPSA) is 76.7 Å². The van der Waals surface area contributed by atoms with Crippen molar-refractivity contribution in [3.05, 3.63) is 48.0 Å². The van der Waals surface area contributed by atoms with Gasteiger partial charge in [0.2, 0.25) is 11.8 Å². The summed E-state index contributed by atoms with van der Waals surface area (Å²) in [6.45, 7) is 2.07. The largest absolute Gasteiger partial charge is 0.497 e. The number of ether oxygens (including phenoxy) is 2. The number of nitrogens with one attached hydrogen (secondary N) is 2. The standard InChI is InChI=1S/C21H24N2O4/c1-4-14-5-7-15(8-6-14)22-19(24)21(11-12-21)20(25)23-17-10-9-16(26-2)13-18(17)27-3/h5-10,13H,4,11-12H2,1-3H3,(H,22,24)(H,23,25). The van der Waals surface area contributed by atoms with Crippen LogP contribution in [-0.4, -0.2) is 26.0 Å². The highest BCUT2D eigenvalue weighted by Crippen LogP contribution is 2.48. The van der Waals surface area contributed by atoms with Gasteiger partial charge in [-0.25, -0.2) is 0 Å². The van der Waals surface area contributed by atoms with Gasteiger partial charge in [-0.05, 0) is 49.1 Å². The predicted molar refractivity (Wildman–Crippen MR) is 104 cm³/mol. The van der Waals surface area contributed by atoms with Crippen molar-refractivity contribution in [2.45, 2.75) is 26.2 Å². The Bertz CT molecular complexity index is 842. The quantitative estimate of drug-likeness (QED) is 0.732. The fourth-order valence-corrected chi connectivity index (χ4v) is 2.90. The summed E-state index contributed by atoms with van der Waals surface area (Å²) in [5, 5.41) is 5.68. The minimum Gasteiger partial charge on any atom is -0.497 e. The lowest BCUT2D eigenvalue weighted by molar-refractivity contribution is -0.131. The Morgan fingerprint density at radius 2 is 1.63 bits per heavy atom. The average molecular weight is 368 g/mol. The van der Waals surface area contributed by atoms with Gasteiger partial charge in [0.15, 0.2) is 0 Å². The number of hydrogen-bond donors (Lipinski definition) is 2. The van der Waals surface area contributed by atoms with Gasteiger partial charge in [-0.15, -0.1) is 0 Å². The third-order valence-corrected chi connectivity index (χ3v) is 4.90. The van der Waals surface area contributed by atoms with Crippen molar-refractivity contribution in [1.29, 1.82) is 0 Å². The molecule has 6 nitrogen and oxygen atoms in total. The van der Waals surface area contributed by atoms with Crippen LogP contribution in [0.5, 0.6) is 11.5 Å². The van der Waals surface area contributed by atoms with Gasteiger partial charge in [-0.1, -0.05) is 19.1 Å². The number of rotatable bonds is 7. The van der Waals surface area contributed by atoms with Gasteiger partial charge in [0.05, 0.1) is 19.9 Å². The molecule has 0 unspecified atom stereocenters. The maximum absolute atomic E-state index is 12.8. The molecule has 2 N–H and O–H groups in total. The molecule has 2 amide bonds. The Balaban J connectivity index is 1.71. The maximum atomic E-state index is 12.8. The lowest BCUT2D eigenvalue weighted by Gasteiger charge is -2.17. The van der Waals surface area contributed by atoms with Crippen LogP contribution in [0.3, 0.4) is 0 Å². The van der Waals surface area contributed by atoms with Gasteiger partial charge < -0.3 is 20.1 Å². The van der Waals surface area contributed by atoms with Crippen molar-refractivity contribution >= 4 is 23.2 Å². The molecule has 0 aromatic heterocycles. The summed E-state index contributed by atoms with van der Waals surface area (Å²) in [6.07, 6.45) is 1.98. The number of hydrogen-bond acceptors (Lipinski definition) is 4. The molecule has 2 aromatic rings. The molecule has 0 atom stereocenters. The van der Waals surface area contributed by atoms with Gasteiger partial charge >= 0.3 is 0 Å². The molecule has 0 saturated heterocycles. The second-order valence-electron chi connectivity index (χ2n) is 6.61. The van der Waals surface area contributed by atoms with E-state index in [0.717, 1.165) is 6.42 Å². The molecule has 0 heterocycles. The highest BCUT2D eigenvalue weighted by atomic mass is 16.5. The van der Waals surface area contributed by atoms with Crippen LogP contribution in [0.15, 0.2) is 42.5 Å². The summed E-state index contributed by atoms with van der Waals surface area (Å²) in [6, 6.07) is 12.8. The summed E-state index contributed by atoms with van der Waals surface area (Å²) in [5.74, 6) is 0.499. The summed E-state index contributed by atoms with van der Waals surface area (Å²) in [7, 11) is 3.08. The van der Waals surface area contributed by atoms with E-state index in [1.807, 2.05) is 24.3 Å². The lowest BCUT2D eigenvalue weighted by Crippen LogP contribution is -2.35. The number of aryl methyl sites for hydroxylation is 1. The van der Waals surface area contributed by atoms with Crippen molar-refractivity contribution in [2.24, 2.45) is 5.41 Å². The number of carbonyl (C=O) groups is 2. The first kappa shape index (κ1) is 18.8. The van der Waals surface area contributed by atoms with Gasteiger partial charge in [0, 0.05) is 11.8 Å². The second kappa shape index (κ2) is 7.70. The fourth-order valence-electron chi connectivity index (χ4n) is 2.90. The zero-order valence-corrected chi connectivity index (χ0v) is 15.8. The van der Waals surface area contributed by atoms with E-state index in [0.29, 0.717) is 35.7 Å². The van der Waals surface area contributed by atoms with E-state index in [9.17, 15) is 9.59 Å². The van der Waals surface area contributed by atoms with Crippen molar-refractivity contribution in [3.63, 3.8) is 0 Å². The fraction of sp³-hybridized carbons (Fsp3) is 0.333. The van der Waals surface area contributed by atoms with Crippen LogP contribution in [-0.2, 0) is 16.0 Å². The van der Waals surface area contributed by atoms with E-state index in [1.165, 1.54) is 12.7 Å². The minimum atomic E-state index is -1.03. The third kappa shape index (κ3) is 3.89. The normalized spacial score (nSPS) is 14.2. The van der Waals surface area contributed by atoms with E-state index in [2.05, 4.69) is 17.6 Å². The molecule has 0 radical (unpaired) electrons. The molecule has 0 aliphatic heterocycles. The maximum Gasteiger partial charge on any atom is 0.240 e. The number of benzene rings is 2. The van der Waals surface area contributed by atoms with Crippen molar-refractivity contribution in [2.75, 3.05) is 24.9 Å². The highest BCUT2D eigenvalue weighted by molar-refractivity contribution is 6.17. The summed E-state index contributed by atoms with van der Waals surface area (Å²) < 4.78 is 10.5. The molecule has 1 saturated carbocycles. The second-order valence-corrected chi connectivity index (χ2v) is 6.61. The number of methoxy groups -OCH3 is 2. The molecule has 1 aliphatic carbocycles. The molecule has 3 rings (SSSR count). The van der Waals surface area contributed by atoms with E-state index in [1.54, 1.807) is 25.3 Å². The Labute approximate surface area is 158 Å². The smallest absolute Gasteiger partial charge is 0.240 e. The minimum absolute atomic E-state index is 0.281. The van der Waals surface area contributed by atoms with Crippen LogP contribution in [0.25, 0.3) is 0 Å². The summed E-state index contributed by atoms with van der Waals surface area (Å²) in [4.78, 5) is 25.5. The molecule has 1 fully saturated rings. The Hall–Kier alpha value is -3.02. The molecule has 6 heteroatoms. The van der Waals surface area contributed by atoms with Crippen molar-refractivity contribution < 1.29 is 19.1 Å². The molecular weight excluding hydrogens is 344 g/mol. The Morgan fingerprint density at radius 3 is 2.19 bits per heavy atom. The van der Waals surface area contributed by atoms with Crippen LogP contribution in [0.1, 0.15) is 25.3 Å². The van der Waals surface area contributed by atoms with Gasteiger partial charge in [-0.3, -0.25) is 9.59 Å². The first-order valence-corrected chi connectivity index (χ1v) is 8.96. The number of carbonyl (C=O) groups excluding carboxylic acids is 2. The Morgan fingerprint density at radius 1 is 0.963 bits per heavy atom. The van der Waals surface area contributed by atoms with E-state index in [4.69, 9.17) is 9.47 Å². The third-order valence-electron chi connectivity index (χ3n) is 4.90. The first-order valence-electron chi connectivity index (χ1n) is 8.96. The summed E-state index contributed by atoms with van der Waals surface area (Å²) in [5.41, 5.74) is 1.36. The summed E-state index contributed by atoms with van der Waals surface area (Å²) >= 11 is 0. The molecule has 27 heavy (non-hydrogen) atoms. The zero-order chi connectivity index (χ0) is 19.4. The van der Waals surface area contributed by atoms with Gasteiger partial charge in [0.1, 0.15) is 16.9 Å². The van der Waals surface area contributed by atoms with Crippen LogP contribution in [0.2, 0.25) is 0 Å². The Kier molecular flexibility index (Phi) is 5.35. The van der Waals surface area contributed by atoms with E-state index < -0.39 is 5.41 Å². The molecule has 0 bridgehead atoms. The zero-order valence-electron chi connectivity index (χ0n) is 15.8. The van der Waals surface area contributed by atoms with Crippen LogP contribution in [0, 0.1) is 5.41 Å². The molecule has 142 valence electrons. The SMILES string of the molecule is CCc1ccc(NC(=O)C2(C(=O)Nc3ccc(OC)cc3OC)CC2)cc1.